The number of hydrogen-bond acceptors (Lipinski definition) is 2. The van der Waals surface area contributed by atoms with Gasteiger partial charge in [0.15, 0.2) is 0 Å². The predicted molar refractivity (Wildman–Crippen MR) is 80.5 cm³/mol. The van der Waals surface area contributed by atoms with Crippen molar-refractivity contribution in [2.24, 2.45) is 0 Å². The Morgan fingerprint density at radius 2 is 2.11 bits per heavy atom. The summed E-state index contributed by atoms with van der Waals surface area (Å²) in [5.74, 6) is 1.52. The number of likely N-dealkylation sites (N-methyl/N-ethyl adjacent to an activating group) is 1. The van der Waals surface area contributed by atoms with Crippen LogP contribution in [0.1, 0.15) is 36.2 Å². The number of nitrogens with zero attached hydrogens (tertiary/aromatic N) is 1. The number of aromatic nitrogens is 2. The topological polar surface area (TPSA) is 40.7 Å². The zero-order chi connectivity index (χ0) is 13.8. The summed E-state index contributed by atoms with van der Waals surface area (Å²) in [6.07, 6.45) is 3.04. The second-order valence-electron chi connectivity index (χ2n) is 5.16. The van der Waals surface area contributed by atoms with E-state index in [1.54, 1.807) is 0 Å². The molecule has 0 amide bonds. The molecule has 0 bridgehead atoms. The molecule has 0 aliphatic rings. The van der Waals surface area contributed by atoms with E-state index in [-0.39, 0.29) is 0 Å². The third kappa shape index (κ3) is 3.04. The van der Waals surface area contributed by atoms with Gasteiger partial charge in [-0.2, -0.15) is 0 Å². The molecule has 102 valence electrons. The zero-order valence-electron chi connectivity index (χ0n) is 12.2. The minimum absolute atomic E-state index is 0.448. The van der Waals surface area contributed by atoms with E-state index in [4.69, 9.17) is 0 Å². The second kappa shape index (κ2) is 6.02. The molecular formula is C16H23N3. The van der Waals surface area contributed by atoms with Gasteiger partial charge in [0, 0.05) is 18.0 Å². The largest absolute Gasteiger partial charge is 0.342 e. The number of aryl methyl sites for hydroxylation is 2. The predicted octanol–water partition coefficient (Wildman–Crippen LogP) is 3.41. The van der Waals surface area contributed by atoms with Gasteiger partial charge >= 0.3 is 0 Å². The Bertz CT molecular complexity index is 543. The van der Waals surface area contributed by atoms with Crippen LogP contribution in [-0.4, -0.2) is 23.6 Å². The van der Waals surface area contributed by atoms with Gasteiger partial charge in [-0.25, -0.2) is 4.98 Å². The van der Waals surface area contributed by atoms with E-state index in [2.05, 4.69) is 54.3 Å². The Hall–Kier alpha value is -1.61. The lowest BCUT2D eigenvalue weighted by Crippen LogP contribution is -2.17. The van der Waals surface area contributed by atoms with Crippen LogP contribution in [0.4, 0.5) is 0 Å². The molecule has 0 spiro atoms. The number of aromatic amines is 1. The molecule has 19 heavy (non-hydrogen) atoms. The van der Waals surface area contributed by atoms with Crippen molar-refractivity contribution < 1.29 is 0 Å². The van der Waals surface area contributed by atoms with E-state index in [9.17, 15) is 0 Å². The maximum absolute atomic E-state index is 4.56. The second-order valence-corrected chi connectivity index (χ2v) is 5.16. The van der Waals surface area contributed by atoms with Crippen LogP contribution in [0.5, 0.6) is 0 Å². The van der Waals surface area contributed by atoms with Gasteiger partial charge in [0.25, 0.3) is 0 Å². The van der Waals surface area contributed by atoms with Crippen molar-refractivity contribution in [3.8, 4) is 11.3 Å². The summed E-state index contributed by atoms with van der Waals surface area (Å²) in [6.45, 7) is 7.41. The number of imidazole rings is 1. The van der Waals surface area contributed by atoms with Gasteiger partial charge in [-0.1, -0.05) is 24.6 Å². The van der Waals surface area contributed by atoms with Gasteiger partial charge in [0.2, 0.25) is 0 Å². The Labute approximate surface area is 115 Å². The third-order valence-corrected chi connectivity index (χ3v) is 3.61. The lowest BCUT2D eigenvalue weighted by atomic mass is 10.0. The van der Waals surface area contributed by atoms with Crippen LogP contribution in [0, 0.1) is 13.8 Å². The molecule has 0 aliphatic carbocycles. The quantitative estimate of drug-likeness (QED) is 0.862. The first kappa shape index (κ1) is 13.8. The minimum Gasteiger partial charge on any atom is -0.342 e. The summed E-state index contributed by atoms with van der Waals surface area (Å²) in [6, 6.07) is 6.52. The standard InChI is InChI=1S/C16H23N3/c1-5-13(9-17-4)16-18-10-15(19-16)14-8-11(2)6-7-12(14)3/h6-8,10,13,17H,5,9H2,1-4H3,(H,18,19). The molecule has 1 unspecified atom stereocenters. The van der Waals surface area contributed by atoms with Gasteiger partial charge < -0.3 is 10.3 Å². The molecular weight excluding hydrogens is 234 g/mol. The Kier molecular flexibility index (Phi) is 4.38. The fourth-order valence-corrected chi connectivity index (χ4v) is 2.39. The minimum atomic E-state index is 0.448. The average Bonchev–Trinajstić information content (AvgIpc) is 2.88. The Balaban J connectivity index is 2.32. The summed E-state index contributed by atoms with van der Waals surface area (Å²) in [5.41, 5.74) is 4.92. The first-order chi connectivity index (χ1) is 9.15. The summed E-state index contributed by atoms with van der Waals surface area (Å²) in [4.78, 5) is 8.04. The van der Waals surface area contributed by atoms with Crippen molar-refractivity contribution >= 4 is 0 Å². The highest BCUT2D eigenvalue weighted by molar-refractivity contribution is 5.63. The number of H-pyrrole nitrogens is 1. The van der Waals surface area contributed by atoms with Crippen LogP contribution in [0.3, 0.4) is 0 Å². The zero-order valence-corrected chi connectivity index (χ0v) is 12.2. The van der Waals surface area contributed by atoms with E-state index < -0.39 is 0 Å². The van der Waals surface area contributed by atoms with E-state index in [0.717, 1.165) is 24.5 Å². The summed E-state index contributed by atoms with van der Waals surface area (Å²) in [7, 11) is 1.98. The molecule has 0 aliphatic heterocycles. The van der Waals surface area contributed by atoms with Crippen molar-refractivity contribution in [1.82, 2.24) is 15.3 Å². The molecule has 1 aromatic heterocycles. The van der Waals surface area contributed by atoms with Gasteiger partial charge in [-0.05, 0) is 38.9 Å². The smallest absolute Gasteiger partial charge is 0.110 e. The van der Waals surface area contributed by atoms with Crippen molar-refractivity contribution in [2.45, 2.75) is 33.1 Å². The maximum Gasteiger partial charge on any atom is 0.110 e. The SMILES string of the molecule is CCC(CNC)c1ncc(-c2cc(C)ccc2C)[nH]1. The monoisotopic (exact) mass is 257 g/mol. The van der Waals surface area contributed by atoms with Gasteiger partial charge in [0.05, 0.1) is 11.9 Å². The van der Waals surface area contributed by atoms with Crippen LogP contribution >= 0.6 is 0 Å². The highest BCUT2D eigenvalue weighted by Crippen LogP contribution is 2.25. The third-order valence-electron chi connectivity index (χ3n) is 3.61. The van der Waals surface area contributed by atoms with Crippen molar-refractivity contribution in [3.63, 3.8) is 0 Å². The van der Waals surface area contributed by atoms with E-state index in [1.165, 1.54) is 16.7 Å². The molecule has 1 heterocycles. The van der Waals surface area contributed by atoms with Crippen molar-refractivity contribution in [3.05, 3.63) is 41.3 Å². The number of hydrogen-bond donors (Lipinski definition) is 2. The van der Waals surface area contributed by atoms with Crippen LogP contribution in [0.15, 0.2) is 24.4 Å². The molecule has 2 N–H and O–H groups in total. The first-order valence-corrected chi connectivity index (χ1v) is 6.92. The molecule has 0 saturated carbocycles. The molecule has 1 atom stereocenters. The van der Waals surface area contributed by atoms with E-state index in [1.807, 2.05) is 13.2 Å². The summed E-state index contributed by atoms with van der Waals surface area (Å²) >= 11 is 0. The first-order valence-electron chi connectivity index (χ1n) is 6.92. The van der Waals surface area contributed by atoms with Gasteiger partial charge in [0.1, 0.15) is 5.82 Å². The Morgan fingerprint density at radius 3 is 2.79 bits per heavy atom. The number of benzene rings is 1. The molecule has 3 nitrogen and oxygen atoms in total. The Morgan fingerprint density at radius 1 is 1.32 bits per heavy atom. The lowest BCUT2D eigenvalue weighted by Gasteiger charge is -2.11. The maximum atomic E-state index is 4.56. The number of rotatable bonds is 5. The fraction of sp³-hybridized carbons (Fsp3) is 0.438. The highest BCUT2D eigenvalue weighted by atomic mass is 14.9. The van der Waals surface area contributed by atoms with Crippen LogP contribution in [-0.2, 0) is 0 Å². The van der Waals surface area contributed by atoms with Crippen LogP contribution < -0.4 is 5.32 Å². The van der Waals surface area contributed by atoms with E-state index >= 15 is 0 Å². The van der Waals surface area contributed by atoms with Gasteiger partial charge in [-0.15, -0.1) is 0 Å². The van der Waals surface area contributed by atoms with Crippen LogP contribution in [0.2, 0.25) is 0 Å². The van der Waals surface area contributed by atoms with Gasteiger partial charge in [-0.3, -0.25) is 0 Å². The molecule has 3 heteroatoms. The molecule has 1 aromatic carbocycles. The van der Waals surface area contributed by atoms with Crippen molar-refractivity contribution in [2.75, 3.05) is 13.6 Å². The number of nitrogens with one attached hydrogen (secondary N) is 2. The van der Waals surface area contributed by atoms with Crippen molar-refractivity contribution in [1.29, 1.82) is 0 Å². The molecule has 0 fully saturated rings. The van der Waals surface area contributed by atoms with Crippen LogP contribution in [0.25, 0.3) is 11.3 Å². The molecule has 2 rings (SSSR count). The lowest BCUT2D eigenvalue weighted by molar-refractivity contribution is 0.586. The molecule has 2 aromatic rings. The average molecular weight is 257 g/mol. The normalized spacial score (nSPS) is 12.6. The molecule has 0 radical (unpaired) electrons. The summed E-state index contributed by atoms with van der Waals surface area (Å²) < 4.78 is 0. The summed E-state index contributed by atoms with van der Waals surface area (Å²) in [5, 5.41) is 3.23. The van der Waals surface area contributed by atoms with E-state index in [0.29, 0.717) is 5.92 Å². The highest BCUT2D eigenvalue weighted by Gasteiger charge is 2.13. The fourth-order valence-electron chi connectivity index (χ4n) is 2.39. The molecule has 0 saturated heterocycles.